The monoisotopic (exact) mass is 470 g/mol. The molecule has 1 unspecified atom stereocenters. The first kappa shape index (κ1) is 20.4. The van der Waals surface area contributed by atoms with E-state index >= 15 is 0 Å². The largest absolute Gasteiger partial charge is 0.297 e. The van der Waals surface area contributed by atoms with E-state index in [0.29, 0.717) is 6.04 Å². The minimum atomic E-state index is 0.292. The zero-order chi connectivity index (χ0) is 21.0. The fourth-order valence-corrected chi connectivity index (χ4v) is 5.07. The van der Waals surface area contributed by atoms with Crippen LogP contribution in [0, 0.1) is 0 Å². The third-order valence-electron chi connectivity index (χ3n) is 6.32. The van der Waals surface area contributed by atoms with Crippen LogP contribution in [0.4, 0.5) is 0 Å². The molecular formula is C28H27BrN2. The number of hydrogen-bond acceptors (Lipinski definition) is 2. The summed E-state index contributed by atoms with van der Waals surface area (Å²) in [6, 6.07) is 26.4. The minimum absolute atomic E-state index is 0.292. The minimum Gasteiger partial charge on any atom is -0.297 e. The molecule has 0 amide bonds. The predicted molar refractivity (Wildman–Crippen MR) is 135 cm³/mol. The van der Waals surface area contributed by atoms with Gasteiger partial charge in [-0.2, -0.15) is 0 Å². The van der Waals surface area contributed by atoms with E-state index in [0.717, 1.165) is 37.2 Å². The van der Waals surface area contributed by atoms with E-state index in [1.165, 1.54) is 27.8 Å². The van der Waals surface area contributed by atoms with Gasteiger partial charge in [-0.15, -0.1) is 0 Å². The molecule has 3 aromatic carbocycles. The summed E-state index contributed by atoms with van der Waals surface area (Å²) in [5.41, 5.74) is 6.72. The highest BCUT2D eigenvalue weighted by atomic mass is 79.9. The summed E-state index contributed by atoms with van der Waals surface area (Å²) in [4.78, 5) is 5.22. The van der Waals surface area contributed by atoms with Crippen molar-refractivity contribution in [2.24, 2.45) is 0 Å². The highest BCUT2D eigenvalue weighted by Gasteiger charge is 2.29. The Balaban J connectivity index is 1.33. The lowest BCUT2D eigenvalue weighted by Gasteiger charge is -2.40. The van der Waals surface area contributed by atoms with Crippen LogP contribution in [0.5, 0.6) is 0 Å². The van der Waals surface area contributed by atoms with Crippen molar-refractivity contribution in [3.05, 3.63) is 111 Å². The Kier molecular flexibility index (Phi) is 6.17. The molecule has 3 heteroatoms. The Morgan fingerprint density at radius 3 is 2.29 bits per heavy atom. The van der Waals surface area contributed by atoms with E-state index in [2.05, 4.69) is 123 Å². The zero-order valence-corrected chi connectivity index (χ0v) is 19.2. The lowest BCUT2D eigenvalue weighted by Crippen LogP contribution is -2.47. The van der Waals surface area contributed by atoms with E-state index < -0.39 is 0 Å². The molecule has 1 aliphatic carbocycles. The average Bonchev–Trinajstić information content (AvgIpc) is 2.97. The Morgan fingerprint density at radius 1 is 0.774 bits per heavy atom. The van der Waals surface area contributed by atoms with Crippen molar-refractivity contribution in [3.63, 3.8) is 0 Å². The fraction of sp³-hybridized carbons (Fsp3) is 0.214. The van der Waals surface area contributed by atoms with Crippen LogP contribution in [0.3, 0.4) is 0 Å². The van der Waals surface area contributed by atoms with Crippen molar-refractivity contribution in [1.29, 1.82) is 0 Å². The molecule has 0 bridgehead atoms. The molecule has 2 aliphatic rings. The number of hydrogen-bond donors (Lipinski definition) is 0. The van der Waals surface area contributed by atoms with Gasteiger partial charge in [0.2, 0.25) is 0 Å². The Morgan fingerprint density at radius 2 is 1.48 bits per heavy atom. The number of nitrogens with zero attached hydrogens (tertiary/aromatic N) is 2. The Hall–Kier alpha value is -2.46. The van der Waals surface area contributed by atoms with Gasteiger partial charge in [0.25, 0.3) is 0 Å². The first-order valence-electron chi connectivity index (χ1n) is 11.0. The summed E-state index contributed by atoms with van der Waals surface area (Å²) < 4.78 is 1.15. The number of benzene rings is 3. The highest BCUT2D eigenvalue weighted by Crippen LogP contribution is 2.38. The Bertz CT molecular complexity index is 1100. The van der Waals surface area contributed by atoms with Crippen LogP contribution < -0.4 is 0 Å². The molecule has 0 saturated carbocycles. The molecule has 1 fully saturated rings. The van der Waals surface area contributed by atoms with Gasteiger partial charge in [0.15, 0.2) is 0 Å². The van der Waals surface area contributed by atoms with Crippen molar-refractivity contribution in [1.82, 2.24) is 9.80 Å². The SMILES string of the molecule is Brc1ccc2c(c1)C(N1CCN(C/C=C/c3ccccc3)CC1)c1ccccc1C=C2. The van der Waals surface area contributed by atoms with E-state index in [9.17, 15) is 0 Å². The van der Waals surface area contributed by atoms with Gasteiger partial charge < -0.3 is 0 Å². The average molecular weight is 471 g/mol. The predicted octanol–water partition coefficient (Wildman–Crippen LogP) is 6.35. The van der Waals surface area contributed by atoms with E-state index in [1.54, 1.807) is 0 Å². The maximum absolute atomic E-state index is 3.71. The number of fused-ring (bicyclic) bond motifs is 2. The smallest absolute Gasteiger partial charge is 0.0614 e. The van der Waals surface area contributed by atoms with Crippen LogP contribution in [0.25, 0.3) is 18.2 Å². The van der Waals surface area contributed by atoms with Crippen molar-refractivity contribution in [2.45, 2.75) is 6.04 Å². The van der Waals surface area contributed by atoms with E-state index in [-0.39, 0.29) is 0 Å². The highest BCUT2D eigenvalue weighted by molar-refractivity contribution is 9.10. The van der Waals surface area contributed by atoms with Crippen LogP contribution in [-0.4, -0.2) is 42.5 Å². The van der Waals surface area contributed by atoms with E-state index in [4.69, 9.17) is 0 Å². The van der Waals surface area contributed by atoms with Gasteiger partial charge in [-0.3, -0.25) is 9.80 Å². The van der Waals surface area contributed by atoms with Crippen molar-refractivity contribution in [2.75, 3.05) is 32.7 Å². The van der Waals surface area contributed by atoms with Gasteiger partial charge in [0.1, 0.15) is 0 Å². The van der Waals surface area contributed by atoms with Crippen molar-refractivity contribution in [3.8, 4) is 0 Å². The lowest BCUT2D eigenvalue weighted by atomic mass is 9.92. The molecular weight excluding hydrogens is 444 g/mol. The molecule has 0 radical (unpaired) electrons. The summed E-state index contributed by atoms with van der Waals surface area (Å²) >= 11 is 3.71. The van der Waals surface area contributed by atoms with Gasteiger partial charge in [-0.05, 0) is 39.9 Å². The lowest BCUT2D eigenvalue weighted by molar-refractivity contribution is 0.117. The normalized spacial score (nSPS) is 19.2. The summed E-state index contributed by atoms with van der Waals surface area (Å²) in [6.07, 6.45) is 9.06. The quantitative estimate of drug-likeness (QED) is 0.437. The summed E-state index contributed by atoms with van der Waals surface area (Å²) in [5, 5.41) is 0. The molecule has 2 nitrogen and oxygen atoms in total. The second-order valence-corrected chi connectivity index (χ2v) is 9.20. The van der Waals surface area contributed by atoms with Crippen LogP contribution in [-0.2, 0) is 0 Å². The molecule has 3 aromatic rings. The Labute approximate surface area is 193 Å². The van der Waals surface area contributed by atoms with Crippen molar-refractivity contribution < 1.29 is 0 Å². The summed E-state index contributed by atoms with van der Waals surface area (Å²) in [6.45, 7) is 5.34. The zero-order valence-electron chi connectivity index (χ0n) is 17.6. The van der Waals surface area contributed by atoms with Crippen LogP contribution in [0.2, 0.25) is 0 Å². The topological polar surface area (TPSA) is 6.48 Å². The summed E-state index contributed by atoms with van der Waals surface area (Å²) in [7, 11) is 0. The molecule has 5 rings (SSSR count). The van der Waals surface area contributed by atoms with Gasteiger partial charge in [-0.25, -0.2) is 0 Å². The molecule has 0 N–H and O–H groups in total. The van der Waals surface area contributed by atoms with Gasteiger partial charge >= 0.3 is 0 Å². The van der Waals surface area contributed by atoms with Crippen LogP contribution in [0.1, 0.15) is 33.9 Å². The molecule has 156 valence electrons. The third-order valence-corrected chi connectivity index (χ3v) is 6.82. The van der Waals surface area contributed by atoms with Gasteiger partial charge in [0, 0.05) is 37.2 Å². The third kappa shape index (κ3) is 4.59. The number of halogens is 1. The number of piperazine rings is 1. The molecule has 0 spiro atoms. The first-order valence-corrected chi connectivity index (χ1v) is 11.8. The van der Waals surface area contributed by atoms with E-state index in [1.807, 2.05) is 0 Å². The molecule has 1 atom stereocenters. The van der Waals surface area contributed by atoms with Crippen molar-refractivity contribution >= 4 is 34.2 Å². The molecule has 31 heavy (non-hydrogen) atoms. The molecule has 1 saturated heterocycles. The van der Waals surface area contributed by atoms with Crippen LogP contribution >= 0.6 is 15.9 Å². The maximum atomic E-state index is 3.71. The van der Waals surface area contributed by atoms with Crippen LogP contribution in [0.15, 0.2) is 83.3 Å². The second kappa shape index (κ2) is 9.35. The maximum Gasteiger partial charge on any atom is 0.0614 e. The summed E-state index contributed by atoms with van der Waals surface area (Å²) in [5.74, 6) is 0. The fourth-order valence-electron chi connectivity index (χ4n) is 4.69. The number of rotatable bonds is 4. The molecule has 1 aliphatic heterocycles. The molecule has 0 aromatic heterocycles. The molecule has 1 heterocycles. The second-order valence-electron chi connectivity index (χ2n) is 8.29. The standard InChI is InChI=1S/C28H27BrN2/c29-25-15-14-24-13-12-23-10-4-5-11-26(23)28(27(24)21-25)31-19-17-30(18-20-31)16-6-9-22-7-2-1-3-8-22/h1-15,21,28H,16-20H2/b9-6+. The first-order chi connectivity index (χ1) is 15.3. The van der Waals surface area contributed by atoms with Gasteiger partial charge in [0.05, 0.1) is 6.04 Å². The van der Waals surface area contributed by atoms with Gasteiger partial charge in [-0.1, -0.05) is 101 Å².